The van der Waals surface area contributed by atoms with Crippen molar-refractivity contribution in [1.82, 2.24) is 4.57 Å². The molecule has 1 aromatic heterocycles. The van der Waals surface area contributed by atoms with Gasteiger partial charge in [-0.05, 0) is 25.1 Å². The first-order valence-corrected chi connectivity index (χ1v) is 7.17. The summed E-state index contributed by atoms with van der Waals surface area (Å²) in [6.45, 7) is 1.87. The monoisotopic (exact) mass is 308 g/mol. The van der Waals surface area contributed by atoms with Crippen molar-refractivity contribution >= 4 is 22.4 Å². The molecule has 1 heterocycles. The second-order valence-corrected chi connectivity index (χ2v) is 5.43. The average Bonchev–Trinajstić information content (AvgIpc) is 2.53. The lowest BCUT2D eigenvalue weighted by atomic mass is 10.0. The lowest BCUT2D eigenvalue weighted by Gasteiger charge is -2.13. The van der Waals surface area contributed by atoms with Gasteiger partial charge in [-0.25, -0.2) is 0 Å². The Morgan fingerprint density at radius 1 is 1.09 bits per heavy atom. The molecule has 3 rings (SSSR count). The SMILES string of the molecule is Cc1ccc2c(=O)n(C)c(O)c(C(=O)Nc3ccccc3)c2c1. The molecular weight excluding hydrogens is 292 g/mol. The molecule has 0 saturated heterocycles. The van der Waals surface area contributed by atoms with E-state index in [4.69, 9.17) is 0 Å². The smallest absolute Gasteiger partial charge is 0.261 e. The van der Waals surface area contributed by atoms with Gasteiger partial charge in [-0.3, -0.25) is 14.2 Å². The van der Waals surface area contributed by atoms with Crippen LogP contribution in [-0.2, 0) is 7.05 Å². The Kier molecular flexibility index (Phi) is 3.62. The molecule has 1 amide bonds. The molecule has 2 N–H and O–H groups in total. The summed E-state index contributed by atoms with van der Waals surface area (Å²) in [7, 11) is 1.44. The number of hydrogen-bond donors (Lipinski definition) is 2. The van der Waals surface area contributed by atoms with Crippen molar-refractivity contribution in [1.29, 1.82) is 0 Å². The highest BCUT2D eigenvalue weighted by molar-refractivity contribution is 6.14. The van der Waals surface area contributed by atoms with E-state index in [9.17, 15) is 14.7 Å². The number of amides is 1. The maximum atomic E-state index is 12.6. The molecule has 0 radical (unpaired) electrons. The molecule has 2 aromatic carbocycles. The molecule has 116 valence electrons. The van der Waals surface area contributed by atoms with E-state index in [1.54, 1.807) is 42.5 Å². The third-order valence-corrected chi connectivity index (χ3v) is 3.78. The van der Waals surface area contributed by atoms with Gasteiger partial charge in [0.15, 0.2) is 0 Å². The largest absolute Gasteiger partial charge is 0.494 e. The van der Waals surface area contributed by atoms with Crippen LogP contribution in [0, 0.1) is 6.92 Å². The summed E-state index contributed by atoms with van der Waals surface area (Å²) in [5, 5.41) is 13.9. The van der Waals surface area contributed by atoms with Crippen LogP contribution in [0.4, 0.5) is 5.69 Å². The van der Waals surface area contributed by atoms with Crippen LogP contribution in [-0.4, -0.2) is 15.6 Å². The zero-order valence-corrected chi connectivity index (χ0v) is 12.8. The molecule has 0 fully saturated rings. The number of nitrogens with one attached hydrogen (secondary N) is 1. The van der Waals surface area contributed by atoms with E-state index in [0.717, 1.165) is 10.1 Å². The number of rotatable bonds is 2. The number of anilines is 1. The molecule has 0 bridgehead atoms. The number of para-hydroxylation sites is 1. The molecule has 5 heteroatoms. The van der Waals surface area contributed by atoms with Gasteiger partial charge in [-0.15, -0.1) is 0 Å². The number of carbonyl (C=O) groups is 1. The molecule has 0 aliphatic carbocycles. The quantitative estimate of drug-likeness (QED) is 0.764. The second kappa shape index (κ2) is 5.61. The number of hydrogen-bond acceptors (Lipinski definition) is 3. The fourth-order valence-electron chi connectivity index (χ4n) is 2.56. The van der Waals surface area contributed by atoms with Gasteiger partial charge in [-0.2, -0.15) is 0 Å². The number of pyridine rings is 1. The summed E-state index contributed by atoms with van der Waals surface area (Å²) in [5.41, 5.74) is 1.27. The van der Waals surface area contributed by atoms with E-state index < -0.39 is 5.91 Å². The fourth-order valence-corrected chi connectivity index (χ4v) is 2.56. The van der Waals surface area contributed by atoms with Crippen LogP contribution in [0.25, 0.3) is 10.8 Å². The minimum absolute atomic E-state index is 0.0923. The van der Waals surface area contributed by atoms with Crippen LogP contribution < -0.4 is 10.9 Å². The summed E-state index contributed by atoms with van der Waals surface area (Å²) < 4.78 is 1.08. The Hall–Kier alpha value is -3.08. The van der Waals surface area contributed by atoms with Gasteiger partial charge in [0.2, 0.25) is 5.88 Å². The predicted octanol–water partition coefficient (Wildman–Crippen LogP) is 2.80. The summed E-state index contributed by atoms with van der Waals surface area (Å²) in [5.74, 6) is -0.804. The Labute approximate surface area is 132 Å². The summed E-state index contributed by atoms with van der Waals surface area (Å²) in [6, 6.07) is 14.2. The van der Waals surface area contributed by atoms with E-state index >= 15 is 0 Å². The molecule has 5 nitrogen and oxygen atoms in total. The van der Waals surface area contributed by atoms with Crippen LogP contribution >= 0.6 is 0 Å². The summed E-state index contributed by atoms with van der Waals surface area (Å²) in [4.78, 5) is 24.9. The number of fused-ring (bicyclic) bond motifs is 1. The minimum Gasteiger partial charge on any atom is -0.494 e. The van der Waals surface area contributed by atoms with Gasteiger partial charge in [0, 0.05) is 23.5 Å². The number of carbonyl (C=O) groups excluding carboxylic acids is 1. The van der Waals surface area contributed by atoms with Gasteiger partial charge < -0.3 is 10.4 Å². The highest BCUT2D eigenvalue weighted by Crippen LogP contribution is 2.26. The maximum Gasteiger partial charge on any atom is 0.261 e. The van der Waals surface area contributed by atoms with Gasteiger partial charge >= 0.3 is 0 Å². The van der Waals surface area contributed by atoms with Crippen molar-refractivity contribution in [2.75, 3.05) is 5.32 Å². The van der Waals surface area contributed by atoms with Crippen LogP contribution in [0.5, 0.6) is 5.88 Å². The van der Waals surface area contributed by atoms with Crippen LogP contribution in [0.1, 0.15) is 15.9 Å². The zero-order valence-electron chi connectivity index (χ0n) is 12.8. The second-order valence-electron chi connectivity index (χ2n) is 5.43. The van der Waals surface area contributed by atoms with E-state index in [1.165, 1.54) is 7.05 Å². The highest BCUT2D eigenvalue weighted by Gasteiger charge is 2.20. The lowest BCUT2D eigenvalue weighted by Crippen LogP contribution is -2.22. The molecule has 0 aliphatic rings. The first-order chi connectivity index (χ1) is 11.0. The van der Waals surface area contributed by atoms with E-state index in [2.05, 4.69) is 5.32 Å². The Morgan fingerprint density at radius 2 is 1.78 bits per heavy atom. The topological polar surface area (TPSA) is 71.3 Å². The number of nitrogens with zero attached hydrogens (tertiary/aromatic N) is 1. The molecule has 0 unspecified atom stereocenters. The van der Waals surface area contributed by atoms with Crippen LogP contribution in [0.15, 0.2) is 53.3 Å². The van der Waals surface area contributed by atoms with Gasteiger partial charge in [-0.1, -0.05) is 35.9 Å². The summed E-state index contributed by atoms with van der Waals surface area (Å²) in [6.07, 6.45) is 0. The maximum absolute atomic E-state index is 12.6. The zero-order chi connectivity index (χ0) is 16.6. The first-order valence-electron chi connectivity index (χ1n) is 7.17. The minimum atomic E-state index is -0.458. The Balaban J connectivity index is 2.22. The number of benzene rings is 2. The molecule has 3 aromatic rings. The molecule has 0 aliphatic heterocycles. The van der Waals surface area contributed by atoms with Crippen molar-refractivity contribution in [2.45, 2.75) is 6.92 Å². The Morgan fingerprint density at radius 3 is 2.48 bits per heavy atom. The van der Waals surface area contributed by atoms with Crippen molar-refractivity contribution < 1.29 is 9.90 Å². The number of aromatic nitrogens is 1. The van der Waals surface area contributed by atoms with Crippen LogP contribution in [0.3, 0.4) is 0 Å². The molecular formula is C18H16N2O3. The highest BCUT2D eigenvalue weighted by atomic mass is 16.3. The van der Waals surface area contributed by atoms with E-state index in [0.29, 0.717) is 16.5 Å². The predicted molar refractivity (Wildman–Crippen MR) is 90.0 cm³/mol. The molecule has 0 atom stereocenters. The van der Waals surface area contributed by atoms with Crippen molar-refractivity contribution in [3.05, 3.63) is 70.0 Å². The number of aryl methyl sites for hydroxylation is 1. The fraction of sp³-hybridized carbons (Fsp3) is 0.111. The van der Waals surface area contributed by atoms with Gasteiger partial charge in [0.1, 0.15) is 5.56 Å². The molecule has 0 saturated carbocycles. The van der Waals surface area contributed by atoms with Crippen molar-refractivity contribution in [2.24, 2.45) is 7.05 Å². The van der Waals surface area contributed by atoms with E-state index in [-0.39, 0.29) is 17.0 Å². The van der Waals surface area contributed by atoms with Gasteiger partial charge in [0.05, 0.1) is 0 Å². The number of aromatic hydroxyl groups is 1. The standard InChI is InChI=1S/C18H16N2O3/c1-11-8-9-13-14(10-11)15(18(23)20(2)17(13)22)16(21)19-12-6-4-3-5-7-12/h3-10,23H,1-2H3,(H,19,21). The van der Waals surface area contributed by atoms with Crippen LogP contribution in [0.2, 0.25) is 0 Å². The van der Waals surface area contributed by atoms with Crippen molar-refractivity contribution in [3.8, 4) is 5.88 Å². The normalized spacial score (nSPS) is 10.7. The average molecular weight is 308 g/mol. The first kappa shape index (κ1) is 14.8. The van der Waals surface area contributed by atoms with Crippen molar-refractivity contribution in [3.63, 3.8) is 0 Å². The third kappa shape index (κ3) is 2.57. The molecule has 23 heavy (non-hydrogen) atoms. The van der Waals surface area contributed by atoms with E-state index in [1.807, 2.05) is 13.0 Å². The summed E-state index contributed by atoms with van der Waals surface area (Å²) >= 11 is 0. The van der Waals surface area contributed by atoms with Gasteiger partial charge in [0.25, 0.3) is 11.5 Å². The Bertz CT molecular complexity index is 959. The lowest BCUT2D eigenvalue weighted by molar-refractivity contribution is 0.102. The third-order valence-electron chi connectivity index (χ3n) is 3.78. The molecule has 0 spiro atoms.